The first-order chi connectivity index (χ1) is 7.25. The molecule has 0 aliphatic heterocycles. The van der Waals surface area contributed by atoms with Crippen molar-refractivity contribution in [1.82, 2.24) is 4.98 Å². The van der Waals surface area contributed by atoms with Gasteiger partial charge in [-0.05, 0) is 39.5 Å². The fraction of sp³-hybridized carbons (Fsp3) is 0.100. The summed E-state index contributed by atoms with van der Waals surface area (Å²) in [5.74, 6) is 0.940. The zero-order chi connectivity index (χ0) is 10.7. The molecule has 0 aliphatic carbocycles. The lowest BCUT2D eigenvalue weighted by atomic mass is 10.4. The van der Waals surface area contributed by atoms with E-state index >= 15 is 0 Å². The van der Waals surface area contributed by atoms with E-state index in [0.717, 1.165) is 10.8 Å². The van der Waals surface area contributed by atoms with Crippen LogP contribution < -0.4 is 5.73 Å². The van der Waals surface area contributed by atoms with Gasteiger partial charge in [-0.25, -0.2) is 4.98 Å². The lowest BCUT2D eigenvalue weighted by molar-refractivity contribution is 1.14. The minimum absolute atomic E-state index is 0.705. The number of aromatic nitrogens is 1. The number of nitrogens with zero attached hydrogens (tertiary/aromatic N) is 1. The Hall–Kier alpha value is -0.520. The molecular weight excluding hydrogens is 292 g/mol. The molecule has 0 aromatic carbocycles. The summed E-state index contributed by atoms with van der Waals surface area (Å²) >= 11 is 6.97. The summed E-state index contributed by atoms with van der Waals surface area (Å²) in [6.45, 7) is 0. The molecule has 0 saturated carbocycles. The Labute approximate surface area is 105 Å². The number of nitrogens with two attached hydrogens (primary N) is 1. The van der Waals surface area contributed by atoms with E-state index in [-0.39, 0.29) is 0 Å². The molecular formula is C10H9BrN2S2. The molecule has 2 rings (SSSR count). The summed E-state index contributed by atoms with van der Waals surface area (Å²) in [6.07, 6.45) is 1.69. The summed E-state index contributed by atoms with van der Waals surface area (Å²) in [5.41, 5.74) is 6.27. The maximum absolute atomic E-state index is 5.56. The molecule has 2 N–H and O–H groups in total. The minimum Gasteiger partial charge on any atom is -0.397 e. The highest BCUT2D eigenvalue weighted by molar-refractivity contribution is 9.10. The molecule has 0 fully saturated rings. The molecule has 0 unspecified atom stereocenters. The molecule has 0 radical (unpaired) electrons. The van der Waals surface area contributed by atoms with Crippen LogP contribution in [0.4, 0.5) is 5.69 Å². The Balaban J connectivity index is 1.99. The van der Waals surface area contributed by atoms with E-state index in [2.05, 4.69) is 32.4 Å². The third-order valence-electron chi connectivity index (χ3n) is 1.80. The van der Waals surface area contributed by atoms with Crippen LogP contribution >= 0.6 is 39.0 Å². The Morgan fingerprint density at radius 1 is 1.40 bits per heavy atom. The molecule has 2 aromatic heterocycles. The molecule has 0 aliphatic rings. The summed E-state index contributed by atoms with van der Waals surface area (Å²) in [4.78, 5) is 5.57. The number of halogens is 1. The number of anilines is 1. The fourth-order valence-electron chi connectivity index (χ4n) is 1.04. The van der Waals surface area contributed by atoms with E-state index in [1.54, 1.807) is 29.3 Å². The first-order valence-electron chi connectivity index (χ1n) is 4.32. The van der Waals surface area contributed by atoms with E-state index in [1.807, 2.05) is 12.1 Å². The highest BCUT2D eigenvalue weighted by Crippen LogP contribution is 2.29. The average Bonchev–Trinajstić information content (AvgIpc) is 2.63. The second-order valence-corrected chi connectivity index (χ2v) is 5.76. The smallest absolute Gasteiger partial charge is 0.0964 e. The van der Waals surface area contributed by atoms with E-state index in [4.69, 9.17) is 5.73 Å². The molecule has 5 heteroatoms. The molecule has 0 saturated heterocycles. The van der Waals surface area contributed by atoms with Gasteiger partial charge in [0.2, 0.25) is 0 Å². The highest BCUT2D eigenvalue weighted by Gasteiger charge is 2.02. The maximum Gasteiger partial charge on any atom is 0.0964 e. The predicted molar refractivity (Wildman–Crippen MR) is 70.2 cm³/mol. The molecule has 0 bridgehead atoms. The van der Waals surface area contributed by atoms with E-state index in [9.17, 15) is 0 Å². The van der Waals surface area contributed by atoms with Gasteiger partial charge in [0.15, 0.2) is 0 Å². The highest BCUT2D eigenvalue weighted by atomic mass is 79.9. The van der Waals surface area contributed by atoms with Gasteiger partial charge in [-0.15, -0.1) is 23.1 Å². The van der Waals surface area contributed by atoms with Crippen molar-refractivity contribution in [3.05, 3.63) is 39.1 Å². The predicted octanol–water partition coefficient (Wildman–Crippen LogP) is 3.78. The van der Waals surface area contributed by atoms with Crippen molar-refractivity contribution in [2.75, 3.05) is 5.73 Å². The van der Waals surface area contributed by atoms with Crippen molar-refractivity contribution in [3.63, 3.8) is 0 Å². The number of rotatable bonds is 3. The Morgan fingerprint density at radius 2 is 2.27 bits per heavy atom. The van der Waals surface area contributed by atoms with Gasteiger partial charge >= 0.3 is 0 Å². The van der Waals surface area contributed by atoms with Crippen LogP contribution in [-0.4, -0.2) is 4.98 Å². The number of thioether (sulfide) groups is 1. The monoisotopic (exact) mass is 300 g/mol. The average molecular weight is 301 g/mol. The molecule has 2 aromatic rings. The summed E-state index contributed by atoms with van der Waals surface area (Å²) in [5, 5.41) is 3.08. The second kappa shape index (κ2) is 5.01. The topological polar surface area (TPSA) is 38.9 Å². The summed E-state index contributed by atoms with van der Waals surface area (Å²) in [7, 11) is 0. The van der Waals surface area contributed by atoms with E-state index in [0.29, 0.717) is 5.69 Å². The fourth-order valence-corrected chi connectivity index (χ4v) is 3.68. The van der Waals surface area contributed by atoms with Crippen molar-refractivity contribution >= 4 is 44.7 Å². The SMILES string of the molecule is Nc1ccc(SCc2sccc2Br)nc1. The molecule has 2 nitrogen and oxygen atoms in total. The number of hydrogen-bond donors (Lipinski definition) is 1. The van der Waals surface area contributed by atoms with Crippen molar-refractivity contribution in [2.24, 2.45) is 0 Å². The van der Waals surface area contributed by atoms with Gasteiger partial charge in [-0.3, -0.25) is 0 Å². The third-order valence-corrected chi connectivity index (χ3v) is 4.88. The number of hydrogen-bond acceptors (Lipinski definition) is 4. The first-order valence-corrected chi connectivity index (χ1v) is 6.98. The van der Waals surface area contributed by atoms with E-state index in [1.165, 1.54) is 9.35 Å². The standard InChI is InChI=1S/C10H9BrN2S2/c11-8-3-4-14-9(8)6-15-10-2-1-7(12)5-13-10/h1-5H,6,12H2. The molecule has 15 heavy (non-hydrogen) atoms. The third kappa shape index (κ3) is 2.96. The van der Waals surface area contributed by atoms with Crippen LogP contribution in [0.3, 0.4) is 0 Å². The maximum atomic E-state index is 5.56. The van der Waals surface area contributed by atoms with Crippen LogP contribution in [0.15, 0.2) is 39.3 Å². The second-order valence-electron chi connectivity index (χ2n) is 2.91. The van der Waals surface area contributed by atoms with Gasteiger partial charge in [0.25, 0.3) is 0 Å². The number of pyridine rings is 1. The van der Waals surface area contributed by atoms with Crippen LogP contribution in [0.5, 0.6) is 0 Å². The van der Waals surface area contributed by atoms with Crippen molar-refractivity contribution in [2.45, 2.75) is 10.8 Å². The van der Waals surface area contributed by atoms with E-state index < -0.39 is 0 Å². The minimum atomic E-state index is 0.705. The van der Waals surface area contributed by atoms with Gasteiger partial charge in [0, 0.05) is 15.1 Å². The zero-order valence-electron chi connectivity index (χ0n) is 7.81. The largest absolute Gasteiger partial charge is 0.397 e. The van der Waals surface area contributed by atoms with Gasteiger partial charge in [0.05, 0.1) is 16.9 Å². The van der Waals surface area contributed by atoms with Crippen LogP contribution in [-0.2, 0) is 5.75 Å². The Bertz CT molecular complexity index is 439. The van der Waals surface area contributed by atoms with Gasteiger partial charge in [0.1, 0.15) is 0 Å². The van der Waals surface area contributed by atoms with Gasteiger partial charge in [-0.2, -0.15) is 0 Å². The molecule has 78 valence electrons. The zero-order valence-corrected chi connectivity index (χ0v) is 11.0. The molecule has 0 amide bonds. The van der Waals surface area contributed by atoms with Crippen LogP contribution in [0.1, 0.15) is 4.88 Å². The normalized spacial score (nSPS) is 10.5. The summed E-state index contributed by atoms with van der Waals surface area (Å²) < 4.78 is 1.18. The number of nitrogen functional groups attached to an aromatic ring is 1. The Kier molecular flexibility index (Phi) is 3.66. The molecule has 0 spiro atoms. The quantitative estimate of drug-likeness (QED) is 0.877. The van der Waals surface area contributed by atoms with Gasteiger partial charge < -0.3 is 5.73 Å². The lowest BCUT2D eigenvalue weighted by Crippen LogP contribution is -1.86. The van der Waals surface area contributed by atoms with Crippen LogP contribution in [0.2, 0.25) is 0 Å². The van der Waals surface area contributed by atoms with Crippen molar-refractivity contribution in [3.8, 4) is 0 Å². The molecule has 2 heterocycles. The van der Waals surface area contributed by atoms with Crippen molar-refractivity contribution in [1.29, 1.82) is 0 Å². The van der Waals surface area contributed by atoms with Crippen molar-refractivity contribution < 1.29 is 0 Å². The Morgan fingerprint density at radius 3 is 2.87 bits per heavy atom. The van der Waals surface area contributed by atoms with Crippen LogP contribution in [0.25, 0.3) is 0 Å². The van der Waals surface area contributed by atoms with Gasteiger partial charge in [-0.1, -0.05) is 0 Å². The lowest BCUT2D eigenvalue weighted by Gasteiger charge is -2.00. The molecule has 0 atom stereocenters. The number of thiophene rings is 1. The van der Waals surface area contributed by atoms with Crippen LogP contribution in [0, 0.1) is 0 Å². The first kappa shape index (κ1) is 11.0. The summed E-state index contributed by atoms with van der Waals surface area (Å²) in [6, 6.07) is 5.89.